The maximum Gasteiger partial charge on any atom is 0.341 e. The first-order valence-electron chi connectivity index (χ1n) is 5.36. The zero-order valence-electron chi connectivity index (χ0n) is 10.0. The standard InChI is InChI=1S/C11H6Br3Cl2N3O2/c12-11(13,14)10(19-5-17-4-18-19)21-9(20)7-2-1-6(15)3-8(7)16/h1-5,10H. The number of ether oxygens (including phenoxy) is 1. The third-order valence-corrected chi connectivity index (χ3v) is 4.05. The zero-order chi connectivity index (χ0) is 15.6. The highest BCUT2D eigenvalue weighted by Gasteiger charge is 2.37. The summed E-state index contributed by atoms with van der Waals surface area (Å²) >= 11 is 21.7. The topological polar surface area (TPSA) is 57.0 Å². The second-order valence-corrected chi connectivity index (χ2v) is 11.6. The van der Waals surface area contributed by atoms with Crippen molar-refractivity contribution >= 4 is 77.0 Å². The molecule has 0 spiro atoms. The summed E-state index contributed by atoms with van der Waals surface area (Å²) in [5, 5.41) is 4.58. The van der Waals surface area contributed by atoms with Gasteiger partial charge in [0.25, 0.3) is 0 Å². The molecule has 0 aliphatic carbocycles. The molecule has 0 saturated carbocycles. The van der Waals surface area contributed by atoms with Gasteiger partial charge in [-0.3, -0.25) is 0 Å². The highest BCUT2D eigenvalue weighted by Crippen LogP contribution is 2.44. The van der Waals surface area contributed by atoms with Crippen LogP contribution in [0.3, 0.4) is 0 Å². The van der Waals surface area contributed by atoms with Crippen LogP contribution in [0.15, 0.2) is 30.9 Å². The number of hydrogen-bond acceptors (Lipinski definition) is 4. The average Bonchev–Trinajstić information content (AvgIpc) is 2.87. The molecule has 2 rings (SSSR count). The van der Waals surface area contributed by atoms with Gasteiger partial charge in [-0.1, -0.05) is 71.0 Å². The lowest BCUT2D eigenvalue weighted by Crippen LogP contribution is -2.28. The Kier molecular flexibility index (Phi) is 5.70. The van der Waals surface area contributed by atoms with Gasteiger partial charge >= 0.3 is 5.97 Å². The van der Waals surface area contributed by atoms with Crippen LogP contribution in [0.1, 0.15) is 16.6 Å². The van der Waals surface area contributed by atoms with Crippen LogP contribution in [0.5, 0.6) is 0 Å². The van der Waals surface area contributed by atoms with Crippen LogP contribution in [-0.4, -0.2) is 22.9 Å². The number of carbonyl (C=O) groups excluding carboxylic acids is 1. The molecule has 1 aromatic carbocycles. The van der Waals surface area contributed by atoms with Gasteiger partial charge in [0.1, 0.15) is 12.7 Å². The molecule has 1 aromatic heterocycles. The molecule has 1 atom stereocenters. The predicted octanol–water partition coefficient (Wildman–Crippen LogP) is 4.78. The van der Waals surface area contributed by atoms with Crippen molar-refractivity contribution < 1.29 is 9.53 Å². The number of halogens is 5. The molecule has 112 valence electrons. The Labute approximate surface area is 155 Å². The molecule has 1 unspecified atom stereocenters. The Hall–Kier alpha value is -0.150. The molecule has 0 N–H and O–H groups in total. The van der Waals surface area contributed by atoms with E-state index in [1.54, 1.807) is 6.07 Å². The molecule has 0 fully saturated rings. The van der Waals surface area contributed by atoms with E-state index < -0.39 is 14.3 Å². The molecular weight excluding hydrogens is 517 g/mol. The molecular formula is C11H6Br3Cl2N3O2. The quantitative estimate of drug-likeness (QED) is 0.430. The molecule has 0 radical (unpaired) electrons. The predicted molar refractivity (Wildman–Crippen MR) is 90.4 cm³/mol. The van der Waals surface area contributed by atoms with E-state index >= 15 is 0 Å². The lowest BCUT2D eigenvalue weighted by molar-refractivity contribution is 0.00976. The maximum atomic E-state index is 12.3. The maximum absolute atomic E-state index is 12.3. The minimum absolute atomic E-state index is 0.197. The number of hydrogen-bond donors (Lipinski definition) is 0. The molecule has 0 aliphatic heterocycles. The Morgan fingerprint density at radius 1 is 1.33 bits per heavy atom. The Morgan fingerprint density at radius 3 is 2.57 bits per heavy atom. The SMILES string of the molecule is O=C(OC(n1cncn1)C(Br)(Br)Br)c1ccc(Cl)cc1Cl. The van der Waals surface area contributed by atoms with Crippen molar-refractivity contribution in [3.8, 4) is 0 Å². The fraction of sp³-hybridized carbons (Fsp3) is 0.182. The summed E-state index contributed by atoms with van der Waals surface area (Å²) < 4.78 is 5.86. The summed E-state index contributed by atoms with van der Waals surface area (Å²) in [7, 11) is 0. The van der Waals surface area contributed by atoms with Crippen LogP contribution < -0.4 is 0 Å². The minimum Gasteiger partial charge on any atom is -0.433 e. The smallest absolute Gasteiger partial charge is 0.341 e. The van der Waals surface area contributed by atoms with Crippen LogP contribution in [0.2, 0.25) is 10.0 Å². The van der Waals surface area contributed by atoms with Crippen LogP contribution in [0, 0.1) is 0 Å². The number of rotatable bonds is 3. The summed E-state index contributed by atoms with van der Waals surface area (Å²) in [5.41, 5.74) is 0.197. The lowest BCUT2D eigenvalue weighted by Gasteiger charge is -2.25. The molecule has 0 saturated heterocycles. The van der Waals surface area contributed by atoms with E-state index in [1.807, 2.05) is 0 Å². The Bertz CT molecular complexity index is 647. The molecule has 0 bridgehead atoms. The average molecular weight is 523 g/mol. The van der Waals surface area contributed by atoms with Gasteiger partial charge in [0.2, 0.25) is 6.23 Å². The minimum atomic E-state index is -0.921. The van der Waals surface area contributed by atoms with Crippen molar-refractivity contribution in [1.29, 1.82) is 0 Å². The molecule has 0 amide bonds. The van der Waals surface area contributed by atoms with Crippen LogP contribution in [-0.2, 0) is 4.74 Å². The Morgan fingerprint density at radius 2 is 2.05 bits per heavy atom. The summed E-state index contributed by atoms with van der Waals surface area (Å²) in [5.74, 6) is -0.625. The van der Waals surface area contributed by atoms with Gasteiger partial charge in [0.15, 0.2) is 2.14 Å². The highest BCUT2D eigenvalue weighted by atomic mass is 80.0. The van der Waals surface area contributed by atoms with Crippen molar-refractivity contribution in [2.45, 2.75) is 8.37 Å². The second-order valence-electron chi connectivity index (χ2n) is 3.80. The van der Waals surface area contributed by atoms with E-state index in [-0.39, 0.29) is 10.6 Å². The summed E-state index contributed by atoms with van der Waals surface area (Å²) in [6.07, 6.45) is 1.90. The van der Waals surface area contributed by atoms with E-state index in [2.05, 4.69) is 57.9 Å². The summed E-state index contributed by atoms with van der Waals surface area (Å²) in [4.78, 5) is 16.1. The van der Waals surface area contributed by atoms with E-state index in [9.17, 15) is 4.79 Å². The molecule has 0 aliphatic rings. The van der Waals surface area contributed by atoms with Gasteiger partial charge < -0.3 is 4.74 Å². The van der Waals surface area contributed by atoms with E-state index in [0.717, 1.165) is 0 Å². The summed E-state index contributed by atoms with van der Waals surface area (Å²) in [6, 6.07) is 4.51. The first-order chi connectivity index (χ1) is 9.79. The van der Waals surface area contributed by atoms with Crippen molar-refractivity contribution in [2.75, 3.05) is 0 Å². The second kappa shape index (κ2) is 6.95. The molecule has 5 nitrogen and oxygen atoms in total. The van der Waals surface area contributed by atoms with Gasteiger partial charge in [0, 0.05) is 5.02 Å². The number of aromatic nitrogens is 3. The largest absolute Gasteiger partial charge is 0.433 e. The number of benzene rings is 1. The van der Waals surface area contributed by atoms with Crippen LogP contribution >= 0.6 is 71.0 Å². The number of nitrogens with zero attached hydrogens (tertiary/aromatic N) is 3. The van der Waals surface area contributed by atoms with Gasteiger partial charge in [-0.2, -0.15) is 5.10 Å². The van der Waals surface area contributed by atoms with Gasteiger partial charge in [-0.25, -0.2) is 14.5 Å². The third kappa shape index (κ3) is 4.41. The molecule has 1 heterocycles. The van der Waals surface area contributed by atoms with Crippen molar-refractivity contribution in [3.05, 3.63) is 46.5 Å². The van der Waals surface area contributed by atoms with E-state index in [0.29, 0.717) is 5.02 Å². The zero-order valence-corrected chi connectivity index (χ0v) is 16.3. The number of esters is 1. The lowest BCUT2D eigenvalue weighted by atomic mass is 10.2. The van der Waals surface area contributed by atoms with Crippen LogP contribution in [0.25, 0.3) is 0 Å². The third-order valence-electron chi connectivity index (χ3n) is 2.33. The molecule has 10 heteroatoms. The van der Waals surface area contributed by atoms with Crippen molar-refractivity contribution in [2.24, 2.45) is 0 Å². The normalized spacial score (nSPS) is 13.0. The Balaban J connectivity index is 2.27. The molecule has 21 heavy (non-hydrogen) atoms. The van der Waals surface area contributed by atoms with Crippen molar-refractivity contribution in [3.63, 3.8) is 0 Å². The van der Waals surface area contributed by atoms with Crippen molar-refractivity contribution in [1.82, 2.24) is 14.8 Å². The monoisotopic (exact) mass is 519 g/mol. The van der Waals surface area contributed by atoms with Gasteiger partial charge in [-0.05, 0) is 18.2 Å². The van der Waals surface area contributed by atoms with Gasteiger partial charge in [-0.15, -0.1) is 0 Å². The fourth-order valence-corrected chi connectivity index (χ4v) is 2.82. The molecule has 2 aromatic rings. The number of carbonyl (C=O) groups is 1. The summed E-state index contributed by atoms with van der Waals surface area (Å²) in [6.45, 7) is 0. The first-order valence-corrected chi connectivity index (χ1v) is 8.49. The van der Waals surface area contributed by atoms with Gasteiger partial charge in [0.05, 0.1) is 10.6 Å². The number of alkyl halides is 3. The van der Waals surface area contributed by atoms with E-state index in [4.69, 9.17) is 27.9 Å². The fourth-order valence-electron chi connectivity index (χ4n) is 1.43. The first kappa shape index (κ1) is 17.2. The van der Waals surface area contributed by atoms with Crippen LogP contribution in [0.4, 0.5) is 0 Å². The van der Waals surface area contributed by atoms with E-state index in [1.165, 1.54) is 29.5 Å². The highest BCUT2D eigenvalue weighted by molar-refractivity contribution is 9.39.